The summed E-state index contributed by atoms with van der Waals surface area (Å²) in [6, 6.07) is 0. The normalized spacial score (nSPS) is 8.59. The minimum Gasteiger partial charge on any atom is -0.512 e. The van der Waals surface area contributed by atoms with Crippen LogP contribution in [0.15, 0.2) is 0 Å². The van der Waals surface area contributed by atoms with Crippen LogP contribution in [0.3, 0.4) is 0 Å². The van der Waals surface area contributed by atoms with Gasteiger partial charge >= 0.3 is 34.3 Å². The van der Waals surface area contributed by atoms with E-state index in [0.717, 1.165) is 0 Å². The second kappa shape index (κ2) is 25.5. The van der Waals surface area contributed by atoms with E-state index in [-0.39, 0.29) is 17.1 Å². The molecule has 0 saturated heterocycles. The second-order valence-corrected chi connectivity index (χ2v) is 4.63. The Bertz CT molecular complexity index is 114. The molecule has 0 fully saturated rings. The van der Waals surface area contributed by atoms with Gasteiger partial charge in [0.2, 0.25) is 0 Å². The quantitative estimate of drug-likeness (QED) is 0.418. The summed E-state index contributed by atoms with van der Waals surface area (Å²) in [6.07, 6.45) is 0. The van der Waals surface area contributed by atoms with Crippen LogP contribution in [-0.4, -0.2) is 42.7 Å². The monoisotopic (exact) mass is 337 g/mol. The van der Waals surface area contributed by atoms with Gasteiger partial charge in [0.1, 0.15) is 0 Å². The Balaban J connectivity index is -0.0000000823. The van der Waals surface area contributed by atoms with E-state index in [1.54, 1.807) is 42.7 Å². The van der Waals surface area contributed by atoms with Crippen molar-refractivity contribution >= 4 is 17.2 Å². The topological polar surface area (TPSA) is 79.2 Å². The summed E-state index contributed by atoms with van der Waals surface area (Å²) in [5.41, 5.74) is 0. The van der Waals surface area contributed by atoms with Crippen molar-refractivity contribution < 1.29 is 44.2 Å². The molecule has 0 saturated carbocycles. The van der Waals surface area contributed by atoms with Crippen molar-refractivity contribution in [1.29, 1.82) is 5.26 Å². The molecule has 0 aliphatic rings. The zero-order valence-corrected chi connectivity index (χ0v) is 13.3. The van der Waals surface area contributed by atoms with Crippen LogP contribution in [0.1, 0.15) is 0 Å². The molecule has 0 heterocycles. The molecule has 10 heteroatoms. The molecule has 17 heavy (non-hydrogen) atoms. The standard InChI is InChI=1S/2C3H9O3P.CN.Cu/c2*1-4-7(5-2)6-3;1-2;/h2*1-3H3;;/q;;-1;+1. The van der Waals surface area contributed by atoms with Crippen molar-refractivity contribution in [2.45, 2.75) is 0 Å². The Morgan fingerprint density at radius 2 is 0.706 bits per heavy atom. The molecule has 0 aliphatic carbocycles. The maximum atomic E-state index is 6.25. The largest absolute Gasteiger partial charge is 1.00 e. The van der Waals surface area contributed by atoms with Gasteiger partial charge in [0.15, 0.2) is 0 Å². The Hall–Kier alpha value is 0.629. The smallest absolute Gasteiger partial charge is 0.512 e. The van der Waals surface area contributed by atoms with E-state index >= 15 is 0 Å². The first kappa shape index (κ1) is 26.2. The van der Waals surface area contributed by atoms with Crippen LogP contribution in [0, 0.1) is 11.8 Å². The predicted molar refractivity (Wildman–Crippen MR) is 60.9 cm³/mol. The molecule has 7 nitrogen and oxygen atoms in total. The van der Waals surface area contributed by atoms with E-state index in [4.69, 9.17) is 11.8 Å². The van der Waals surface area contributed by atoms with Gasteiger partial charge in [-0.15, -0.1) is 0 Å². The SMILES string of the molecule is COP(OC)OC.COP(OC)OC.[C-]#N.[Cu+]. The van der Waals surface area contributed by atoms with E-state index in [2.05, 4.69) is 27.1 Å². The van der Waals surface area contributed by atoms with Crippen molar-refractivity contribution in [2.75, 3.05) is 42.7 Å². The first-order valence-corrected chi connectivity index (χ1v) is 5.96. The molecule has 0 aliphatic heterocycles. The molecule has 0 aromatic heterocycles. The van der Waals surface area contributed by atoms with Gasteiger partial charge in [0, 0.05) is 42.7 Å². The van der Waals surface area contributed by atoms with E-state index in [0.29, 0.717) is 0 Å². The third-order valence-electron chi connectivity index (χ3n) is 0.894. The maximum absolute atomic E-state index is 6.25. The van der Waals surface area contributed by atoms with Crippen LogP contribution >= 0.6 is 17.2 Å². The van der Waals surface area contributed by atoms with Gasteiger partial charge in [-0.25, -0.2) is 0 Å². The molecule has 0 bridgehead atoms. The molecule has 0 rings (SSSR count). The Morgan fingerprint density at radius 1 is 0.588 bits per heavy atom. The summed E-state index contributed by atoms with van der Waals surface area (Å²) in [5, 5.41) is 6.25. The molecule has 0 radical (unpaired) electrons. The van der Waals surface area contributed by atoms with Gasteiger partial charge in [-0.2, -0.15) is 0 Å². The minimum absolute atomic E-state index is 0. The van der Waals surface area contributed by atoms with Crippen molar-refractivity contribution in [1.82, 2.24) is 0 Å². The average molecular weight is 338 g/mol. The van der Waals surface area contributed by atoms with E-state index < -0.39 is 17.2 Å². The van der Waals surface area contributed by atoms with Crippen molar-refractivity contribution in [2.24, 2.45) is 0 Å². The molecule has 0 spiro atoms. The van der Waals surface area contributed by atoms with Crippen molar-refractivity contribution in [3.05, 3.63) is 6.57 Å². The summed E-state index contributed by atoms with van der Waals surface area (Å²) in [5.74, 6) is 0. The summed E-state index contributed by atoms with van der Waals surface area (Å²) in [4.78, 5) is 0. The fourth-order valence-electron chi connectivity index (χ4n) is 0.447. The average Bonchev–Trinajstić information content (AvgIpc) is 2.37. The van der Waals surface area contributed by atoms with Crippen LogP contribution in [-0.2, 0) is 44.2 Å². The summed E-state index contributed by atoms with van der Waals surface area (Å²) >= 11 is 0. The second-order valence-electron chi connectivity index (χ2n) is 1.54. The molecule has 0 N–H and O–H groups in total. The van der Waals surface area contributed by atoms with Crippen LogP contribution in [0.5, 0.6) is 0 Å². The van der Waals surface area contributed by atoms with Gasteiger partial charge in [-0.05, 0) is 0 Å². The number of hydrogen-bond donors (Lipinski definition) is 0. The van der Waals surface area contributed by atoms with Crippen LogP contribution in [0.2, 0.25) is 0 Å². The molecular formula is C7H18CuNO6P2. The van der Waals surface area contributed by atoms with E-state index in [1.165, 1.54) is 0 Å². The number of nitrogens with zero attached hydrogens (tertiary/aromatic N) is 1. The first-order valence-electron chi connectivity index (χ1n) is 3.77. The zero-order valence-electron chi connectivity index (χ0n) is 10.6. The predicted octanol–water partition coefficient (Wildman–Crippen LogP) is 2.40. The van der Waals surface area contributed by atoms with Gasteiger partial charge in [-0.3, -0.25) is 0 Å². The Morgan fingerprint density at radius 3 is 0.706 bits per heavy atom. The summed E-state index contributed by atoms with van der Waals surface area (Å²) in [7, 11) is 7.13. The molecular weight excluding hydrogens is 320 g/mol. The Labute approximate surface area is 116 Å². The van der Waals surface area contributed by atoms with Gasteiger partial charge in [-0.1, -0.05) is 0 Å². The minimum atomic E-state index is -1.05. The van der Waals surface area contributed by atoms with Crippen LogP contribution in [0.4, 0.5) is 0 Å². The molecule has 0 unspecified atom stereocenters. The molecule has 0 aromatic rings. The third-order valence-corrected chi connectivity index (χ3v) is 2.68. The van der Waals surface area contributed by atoms with Crippen molar-refractivity contribution in [3.8, 4) is 0 Å². The van der Waals surface area contributed by atoms with Crippen LogP contribution in [0.25, 0.3) is 0 Å². The van der Waals surface area contributed by atoms with E-state index in [1.807, 2.05) is 0 Å². The Kier molecular flexibility index (Phi) is 39.3. The summed E-state index contributed by atoms with van der Waals surface area (Å²) in [6.45, 7) is 4.75. The number of hydrogen-bond acceptors (Lipinski definition) is 7. The fourth-order valence-corrected chi connectivity index (χ4v) is 1.34. The molecule has 0 aromatic carbocycles. The van der Waals surface area contributed by atoms with Crippen LogP contribution < -0.4 is 0 Å². The first-order chi connectivity index (χ1) is 7.69. The van der Waals surface area contributed by atoms with Gasteiger partial charge in [0.25, 0.3) is 0 Å². The zero-order chi connectivity index (χ0) is 13.4. The third kappa shape index (κ3) is 22.3. The fraction of sp³-hybridized carbons (Fsp3) is 0.857. The van der Waals surface area contributed by atoms with Gasteiger partial charge in [0.05, 0.1) is 0 Å². The number of rotatable bonds is 6. The molecule has 0 atom stereocenters. The molecule has 108 valence electrons. The molecule has 0 amide bonds. The van der Waals surface area contributed by atoms with Gasteiger partial charge < -0.3 is 39.0 Å². The van der Waals surface area contributed by atoms with Crippen molar-refractivity contribution in [3.63, 3.8) is 0 Å². The maximum Gasteiger partial charge on any atom is 1.00 e. The van der Waals surface area contributed by atoms with E-state index in [9.17, 15) is 0 Å². The summed E-state index contributed by atoms with van der Waals surface area (Å²) < 4.78 is 28.0.